The van der Waals surface area contributed by atoms with Crippen molar-refractivity contribution in [1.82, 2.24) is 0 Å². The molecule has 0 saturated heterocycles. The maximum Gasteiger partial charge on any atom is 0.224 e. The first-order valence-electron chi connectivity index (χ1n) is 6.35. The van der Waals surface area contributed by atoms with E-state index in [1.54, 1.807) is 0 Å². The number of benzene rings is 1. The number of halogens is 1. The highest BCUT2D eigenvalue weighted by Gasteiger charge is 2.08. The van der Waals surface area contributed by atoms with Crippen molar-refractivity contribution < 1.29 is 9.18 Å². The molecule has 0 heterocycles. The highest BCUT2D eigenvalue weighted by Crippen LogP contribution is 2.15. The Kier molecular flexibility index (Phi) is 6.04. The van der Waals surface area contributed by atoms with Gasteiger partial charge in [-0.25, -0.2) is 4.39 Å². The number of carbonyl (C=O) groups is 1. The summed E-state index contributed by atoms with van der Waals surface area (Å²) in [7, 11) is 0. The molecule has 3 N–H and O–H groups in total. The van der Waals surface area contributed by atoms with E-state index >= 15 is 0 Å². The fourth-order valence-corrected chi connectivity index (χ4v) is 1.52. The van der Waals surface area contributed by atoms with Crippen LogP contribution in [0.15, 0.2) is 18.2 Å². The highest BCUT2D eigenvalue weighted by molar-refractivity contribution is 5.91. The molecule has 0 aromatic heterocycles. The van der Waals surface area contributed by atoms with E-state index in [-0.39, 0.29) is 18.0 Å². The normalized spacial score (nSPS) is 11.4. The van der Waals surface area contributed by atoms with Gasteiger partial charge in [-0.2, -0.15) is 0 Å². The van der Waals surface area contributed by atoms with E-state index < -0.39 is 5.82 Å². The Hall–Kier alpha value is -1.86. The zero-order chi connectivity index (χ0) is 14.3. The van der Waals surface area contributed by atoms with Crippen LogP contribution in [0.4, 0.5) is 10.1 Å². The molecule has 1 aromatic rings. The molecule has 4 heteroatoms. The highest BCUT2D eigenvalue weighted by atomic mass is 19.1. The van der Waals surface area contributed by atoms with Crippen molar-refractivity contribution in [3.05, 3.63) is 29.6 Å². The van der Waals surface area contributed by atoms with Crippen LogP contribution in [0, 0.1) is 23.6 Å². The molecule has 1 amide bonds. The number of nitrogens with one attached hydrogen (secondary N) is 1. The van der Waals surface area contributed by atoms with Crippen LogP contribution in [0.1, 0.15) is 32.3 Å². The average molecular weight is 262 g/mol. The fourth-order valence-electron chi connectivity index (χ4n) is 1.52. The molecule has 0 spiro atoms. The number of hydrogen-bond acceptors (Lipinski definition) is 2. The van der Waals surface area contributed by atoms with E-state index in [9.17, 15) is 9.18 Å². The zero-order valence-corrected chi connectivity index (χ0v) is 11.3. The first kappa shape index (κ1) is 15.2. The van der Waals surface area contributed by atoms with Crippen molar-refractivity contribution in [1.29, 1.82) is 0 Å². The lowest BCUT2D eigenvalue weighted by molar-refractivity contribution is -0.117. The summed E-state index contributed by atoms with van der Waals surface area (Å²) in [4.78, 5) is 11.7. The summed E-state index contributed by atoms with van der Waals surface area (Å²) in [5, 5.41) is 2.75. The minimum absolute atomic E-state index is 0.0707. The molecule has 0 aliphatic carbocycles. The molecule has 0 saturated carbocycles. The average Bonchev–Trinajstić information content (AvgIpc) is 2.39. The van der Waals surface area contributed by atoms with Crippen LogP contribution in [0.2, 0.25) is 0 Å². The van der Waals surface area contributed by atoms with Gasteiger partial charge in [0, 0.05) is 12.1 Å². The molecule has 1 aromatic carbocycles. The summed E-state index contributed by atoms with van der Waals surface area (Å²) in [5.41, 5.74) is 6.04. The van der Waals surface area contributed by atoms with Crippen molar-refractivity contribution in [2.45, 2.75) is 26.7 Å². The Morgan fingerprint density at radius 1 is 1.53 bits per heavy atom. The number of anilines is 1. The number of carbonyl (C=O) groups excluding carboxylic acids is 1. The van der Waals surface area contributed by atoms with Gasteiger partial charge in [-0.15, -0.1) is 0 Å². The van der Waals surface area contributed by atoms with Gasteiger partial charge in [-0.1, -0.05) is 32.1 Å². The molecule has 0 radical (unpaired) electrons. The van der Waals surface area contributed by atoms with Crippen LogP contribution in [-0.2, 0) is 4.79 Å². The van der Waals surface area contributed by atoms with Gasteiger partial charge in [0.05, 0.1) is 12.1 Å². The van der Waals surface area contributed by atoms with Crippen molar-refractivity contribution in [3.8, 4) is 11.8 Å². The summed E-state index contributed by atoms with van der Waals surface area (Å²) in [6, 6.07) is 4.34. The van der Waals surface area contributed by atoms with E-state index in [1.165, 1.54) is 18.2 Å². The summed E-state index contributed by atoms with van der Waals surface area (Å²) in [6.07, 6.45) is 1.40. The molecular weight excluding hydrogens is 243 g/mol. The van der Waals surface area contributed by atoms with E-state index in [0.29, 0.717) is 18.0 Å². The van der Waals surface area contributed by atoms with E-state index in [4.69, 9.17) is 5.73 Å². The third kappa shape index (κ3) is 5.11. The number of hydrogen-bond donors (Lipinski definition) is 2. The van der Waals surface area contributed by atoms with Crippen LogP contribution in [0.3, 0.4) is 0 Å². The Bertz CT molecular complexity index is 503. The van der Waals surface area contributed by atoms with Crippen LogP contribution < -0.4 is 11.1 Å². The van der Waals surface area contributed by atoms with Crippen molar-refractivity contribution in [2.24, 2.45) is 11.7 Å². The minimum atomic E-state index is -0.416. The Morgan fingerprint density at radius 2 is 2.26 bits per heavy atom. The Morgan fingerprint density at radius 3 is 2.89 bits per heavy atom. The molecule has 0 aliphatic heterocycles. The van der Waals surface area contributed by atoms with Crippen LogP contribution >= 0.6 is 0 Å². The van der Waals surface area contributed by atoms with Crippen LogP contribution in [-0.4, -0.2) is 12.5 Å². The summed E-state index contributed by atoms with van der Waals surface area (Å²) in [5.74, 6) is 5.07. The molecule has 0 aliphatic rings. The fraction of sp³-hybridized carbons (Fsp3) is 0.400. The molecule has 3 nitrogen and oxygen atoms in total. The minimum Gasteiger partial charge on any atom is -0.326 e. The molecule has 0 fully saturated rings. The predicted octanol–water partition coefficient (Wildman–Crippen LogP) is 2.51. The van der Waals surface area contributed by atoms with Crippen LogP contribution in [0.25, 0.3) is 0 Å². The van der Waals surface area contributed by atoms with Gasteiger partial charge >= 0.3 is 0 Å². The Labute approximate surface area is 113 Å². The third-order valence-corrected chi connectivity index (χ3v) is 2.81. The number of nitrogens with two attached hydrogens (primary N) is 1. The smallest absolute Gasteiger partial charge is 0.224 e. The van der Waals surface area contributed by atoms with Gasteiger partial charge in [-0.05, 0) is 24.1 Å². The second-order valence-corrected chi connectivity index (χ2v) is 4.47. The molecule has 1 rings (SSSR count). The van der Waals surface area contributed by atoms with Gasteiger partial charge in [0.2, 0.25) is 5.91 Å². The zero-order valence-electron chi connectivity index (χ0n) is 11.3. The van der Waals surface area contributed by atoms with Crippen molar-refractivity contribution >= 4 is 11.6 Å². The predicted molar refractivity (Wildman–Crippen MR) is 75.0 cm³/mol. The second-order valence-electron chi connectivity index (χ2n) is 4.47. The summed E-state index contributed by atoms with van der Waals surface area (Å²) >= 11 is 0. The SMILES string of the molecule is CCC(C)CC(=O)Nc1ccc(F)c(C#CCN)c1. The first-order chi connectivity index (χ1) is 9.06. The lowest BCUT2D eigenvalue weighted by Gasteiger charge is -2.09. The van der Waals surface area contributed by atoms with Gasteiger partial charge < -0.3 is 11.1 Å². The van der Waals surface area contributed by atoms with Crippen LogP contribution in [0.5, 0.6) is 0 Å². The maximum atomic E-state index is 13.4. The molecule has 102 valence electrons. The monoisotopic (exact) mass is 262 g/mol. The maximum absolute atomic E-state index is 13.4. The molecule has 1 atom stereocenters. The summed E-state index contributed by atoms with van der Waals surface area (Å²) < 4.78 is 13.4. The van der Waals surface area contributed by atoms with Crippen molar-refractivity contribution in [3.63, 3.8) is 0 Å². The van der Waals surface area contributed by atoms with Gasteiger partial charge in [-0.3, -0.25) is 4.79 Å². The van der Waals surface area contributed by atoms with E-state index in [1.807, 2.05) is 13.8 Å². The van der Waals surface area contributed by atoms with Gasteiger partial charge in [0.1, 0.15) is 5.82 Å². The molecule has 0 bridgehead atoms. The molecule has 19 heavy (non-hydrogen) atoms. The largest absolute Gasteiger partial charge is 0.326 e. The Balaban J connectivity index is 2.77. The van der Waals surface area contributed by atoms with Gasteiger partial charge in [0.15, 0.2) is 0 Å². The lowest BCUT2D eigenvalue weighted by Crippen LogP contribution is -2.14. The van der Waals surface area contributed by atoms with Gasteiger partial charge in [0.25, 0.3) is 0 Å². The number of amides is 1. The summed E-state index contributed by atoms with van der Waals surface area (Å²) in [6.45, 7) is 4.22. The first-order valence-corrected chi connectivity index (χ1v) is 6.35. The van der Waals surface area contributed by atoms with Crippen molar-refractivity contribution in [2.75, 3.05) is 11.9 Å². The second kappa shape index (κ2) is 7.55. The molecule has 1 unspecified atom stereocenters. The van der Waals surface area contributed by atoms with E-state index in [0.717, 1.165) is 6.42 Å². The topological polar surface area (TPSA) is 55.1 Å². The number of rotatable bonds is 4. The quantitative estimate of drug-likeness (QED) is 0.819. The molecular formula is C15H19FN2O. The standard InChI is InChI=1S/C15H19FN2O/c1-3-11(2)9-15(19)18-13-6-7-14(16)12(10-13)5-4-8-17/h6-7,10-11H,3,8-9,17H2,1-2H3,(H,18,19). The lowest BCUT2D eigenvalue weighted by atomic mass is 10.0. The third-order valence-electron chi connectivity index (χ3n) is 2.81. The van der Waals surface area contributed by atoms with E-state index in [2.05, 4.69) is 17.2 Å².